The molecule has 0 saturated heterocycles. The molecule has 3 aromatic carbocycles. The van der Waals surface area contributed by atoms with Gasteiger partial charge < -0.3 is 14.3 Å². The van der Waals surface area contributed by atoms with Crippen molar-refractivity contribution >= 4 is 39.9 Å². The Balaban J connectivity index is 1.57. The first-order chi connectivity index (χ1) is 18.9. The second kappa shape index (κ2) is 9.33. The van der Waals surface area contributed by atoms with Crippen LogP contribution in [0.4, 0.5) is 14.5 Å². The first kappa shape index (κ1) is 24.2. The largest absolute Gasteiger partial charge is 0.455 e. The summed E-state index contributed by atoms with van der Waals surface area (Å²) in [5.41, 5.74) is 5.78. The van der Waals surface area contributed by atoms with Gasteiger partial charge in [-0.2, -0.15) is 0 Å². The van der Waals surface area contributed by atoms with E-state index in [-0.39, 0.29) is 11.6 Å². The molecule has 0 unspecified atom stereocenters. The fourth-order valence-electron chi connectivity index (χ4n) is 4.78. The molecule has 3 aromatic heterocycles. The van der Waals surface area contributed by atoms with Crippen molar-refractivity contribution in [2.75, 3.05) is 19.0 Å². The molecule has 0 saturated carbocycles. The molecule has 6 rings (SSSR count). The van der Waals surface area contributed by atoms with Gasteiger partial charge in [-0.3, -0.25) is 9.78 Å². The first-order valence-electron chi connectivity index (χ1n) is 12.1. The number of carbonyl (C=O) groups excluding carboxylic acids is 1. The van der Waals surface area contributed by atoms with Gasteiger partial charge in [0.05, 0.1) is 28.8 Å². The topological polar surface area (TPSA) is 75.0 Å². The summed E-state index contributed by atoms with van der Waals surface area (Å²) in [6.07, 6.45) is 3.97. The lowest BCUT2D eigenvalue weighted by Crippen LogP contribution is -2.10. The van der Waals surface area contributed by atoms with E-state index in [2.05, 4.69) is 16.5 Å². The van der Waals surface area contributed by atoms with E-state index in [0.29, 0.717) is 67.1 Å². The van der Waals surface area contributed by atoms with Gasteiger partial charge in [0.2, 0.25) is 0 Å². The number of halogens is 2. The maximum absolute atomic E-state index is 14.4. The van der Waals surface area contributed by atoms with Crippen LogP contribution in [-0.2, 0) is 0 Å². The molecule has 0 aliphatic rings. The second-order valence-electron chi connectivity index (χ2n) is 9.31. The zero-order valence-electron chi connectivity index (χ0n) is 21.1. The number of carbonyl (C=O) groups is 1. The molecular weight excluding hydrogens is 498 g/mol. The highest BCUT2D eigenvalue weighted by atomic mass is 19.1. The molecule has 6 aromatic rings. The predicted molar refractivity (Wildman–Crippen MR) is 150 cm³/mol. The van der Waals surface area contributed by atoms with Gasteiger partial charge in [0.1, 0.15) is 28.7 Å². The Kier molecular flexibility index (Phi) is 5.80. The summed E-state index contributed by atoms with van der Waals surface area (Å²) in [6, 6.07) is 16.0. The maximum atomic E-state index is 14.4. The predicted octanol–water partition coefficient (Wildman–Crippen LogP) is 7.50. The fraction of sp³-hybridized carbons (Fsp3) is 0.0645. The van der Waals surface area contributed by atoms with E-state index in [9.17, 15) is 13.6 Å². The number of aldehydes is 1. The van der Waals surface area contributed by atoms with Crippen LogP contribution in [0.25, 0.3) is 61.9 Å². The molecule has 0 fully saturated rings. The third-order valence-corrected chi connectivity index (χ3v) is 6.69. The molecule has 0 amide bonds. The molecule has 1 N–H and O–H groups in total. The second-order valence-corrected chi connectivity index (χ2v) is 9.31. The number of fused-ring (bicyclic) bond motifs is 2. The number of benzene rings is 3. The number of aromatic nitrogens is 3. The van der Waals surface area contributed by atoms with Crippen molar-refractivity contribution in [3.63, 3.8) is 0 Å². The van der Waals surface area contributed by atoms with E-state index >= 15 is 0 Å². The molecule has 6 nitrogen and oxygen atoms in total. The number of H-pyrrole nitrogens is 1. The minimum atomic E-state index is -0.380. The molecule has 3 heterocycles. The molecule has 39 heavy (non-hydrogen) atoms. The summed E-state index contributed by atoms with van der Waals surface area (Å²) in [5.74, 6) is -0.358. The molecule has 0 aliphatic carbocycles. The smallest absolute Gasteiger partial charge is 0.154 e. The van der Waals surface area contributed by atoms with E-state index in [1.54, 1.807) is 42.6 Å². The van der Waals surface area contributed by atoms with Crippen molar-refractivity contribution in [2.45, 2.75) is 0 Å². The monoisotopic (exact) mass is 520 g/mol. The molecule has 8 heteroatoms. The number of hydrogen-bond donors (Lipinski definition) is 1. The van der Waals surface area contributed by atoms with Gasteiger partial charge in [0, 0.05) is 53.3 Å². The van der Waals surface area contributed by atoms with Crippen molar-refractivity contribution in [2.24, 2.45) is 0 Å². The van der Waals surface area contributed by atoms with Crippen LogP contribution in [0.3, 0.4) is 0 Å². The molecule has 0 bridgehead atoms. The van der Waals surface area contributed by atoms with E-state index in [0.717, 1.165) is 12.0 Å². The number of aromatic amines is 1. The SMILES string of the molecule is C=Cc1ncc(-c2cc3c(C=O)c(-c4ccc(F)cc4)oc3cc2N(C)C)nc1-c1cc2c(F)cccc2[nH]1. The number of hydrogen-bond acceptors (Lipinski definition) is 5. The van der Waals surface area contributed by atoms with E-state index < -0.39 is 0 Å². The quantitative estimate of drug-likeness (QED) is 0.230. The molecule has 192 valence electrons. The van der Waals surface area contributed by atoms with Crippen LogP contribution in [-0.4, -0.2) is 35.3 Å². The molecular formula is C31H22F2N4O2. The van der Waals surface area contributed by atoms with E-state index in [1.165, 1.54) is 18.2 Å². The van der Waals surface area contributed by atoms with Crippen molar-refractivity contribution < 1.29 is 18.0 Å². The van der Waals surface area contributed by atoms with Crippen LogP contribution in [0.5, 0.6) is 0 Å². The van der Waals surface area contributed by atoms with Gasteiger partial charge in [0.25, 0.3) is 0 Å². The summed E-state index contributed by atoms with van der Waals surface area (Å²) < 4.78 is 34.0. The zero-order chi connectivity index (χ0) is 27.3. The van der Waals surface area contributed by atoms with Crippen molar-refractivity contribution in [3.8, 4) is 34.0 Å². The maximum Gasteiger partial charge on any atom is 0.154 e. The van der Waals surface area contributed by atoms with Gasteiger partial charge in [0.15, 0.2) is 6.29 Å². The van der Waals surface area contributed by atoms with Gasteiger partial charge >= 0.3 is 0 Å². The van der Waals surface area contributed by atoms with Gasteiger partial charge in [-0.1, -0.05) is 12.6 Å². The van der Waals surface area contributed by atoms with Crippen LogP contribution in [0.15, 0.2) is 77.9 Å². The highest BCUT2D eigenvalue weighted by Crippen LogP contribution is 2.40. The highest BCUT2D eigenvalue weighted by molar-refractivity contribution is 6.06. The Morgan fingerprint density at radius 2 is 1.82 bits per heavy atom. The van der Waals surface area contributed by atoms with Crippen LogP contribution in [0.1, 0.15) is 16.1 Å². The number of rotatable bonds is 6. The van der Waals surface area contributed by atoms with Gasteiger partial charge in [-0.15, -0.1) is 0 Å². The van der Waals surface area contributed by atoms with Crippen LogP contribution in [0, 0.1) is 11.6 Å². The number of furan rings is 1. The number of anilines is 1. The summed E-state index contributed by atoms with van der Waals surface area (Å²) in [6.45, 7) is 3.86. The molecule has 0 aliphatic heterocycles. The van der Waals surface area contributed by atoms with Gasteiger partial charge in [-0.25, -0.2) is 13.8 Å². The molecule has 0 atom stereocenters. The number of nitrogens with zero attached hydrogens (tertiary/aromatic N) is 3. The minimum absolute atomic E-state index is 0.335. The van der Waals surface area contributed by atoms with Crippen LogP contribution >= 0.6 is 0 Å². The van der Waals surface area contributed by atoms with Crippen molar-refractivity contribution in [1.82, 2.24) is 15.0 Å². The van der Waals surface area contributed by atoms with Crippen LogP contribution < -0.4 is 4.90 Å². The average molecular weight is 521 g/mol. The average Bonchev–Trinajstić information content (AvgIpc) is 3.54. The lowest BCUT2D eigenvalue weighted by atomic mass is 10.0. The summed E-state index contributed by atoms with van der Waals surface area (Å²) in [4.78, 5) is 26.9. The lowest BCUT2D eigenvalue weighted by molar-refractivity contribution is 0.112. The van der Waals surface area contributed by atoms with Gasteiger partial charge in [-0.05, 0) is 54.6 Å². The highest BCUT2D eigenvalue weighted by Gasteiger charge is 2.21. The number of nitrogens with one attached hydrogen (secondary N) is 1. The summed E-state index contributed by atoms with van der Waals surface area (Å²) in [5, 5.41) is 1.04. The fourth-order valence-corrected chi connectivity index (χ4v) is 4.78. The Hall–Kier alpha value is -5.11. The van der Waals surface area contributed by atoms with E-state index in [1.807, 2.05) is 31.1 Å². The summed E-state index contributed by atoms with van der Waals surface area (Å²) in [7, 11) is 3.78. The first-order valence-corrected chi connectivity index (χ1v) is 12.1. The zero-order valence-corrected chi connectivity index (χ0v) is 21.1. The Labute approximate surface area is 222 Å². The third-order valence-electron chi connectivity index (χ3n) is 6.69. The Morgan fingerprint density at radius 1 is 1.03 bits per heavy atom. The van der Waals surface area contributed by atoms with Crippen molar-refractivity contribution in [3.05, 3.63) is 96.3 Å². The van der Waals surface area contributed by atoms with E-state index in [4.69, 9.17) is 9.40 Å². The molecule has 0 spiro atoms. The molecule has 0 radical (unpaired) electrons. The normalized spacial score (nSPS) is 11.3. The Morgan fingerprint density at radius 3 is 2.51 bits per heavy atom. The minimum Gasteiger partial charge on any atom is -0.455 e. The Bertz CT molecular complexity index is 1900. The van der Waals surface area contributed by atoms with Crippen LogP contribution in [0.2, 0.25) is 0 Å². The van der Waals surface area contributed by atoms with Crippen molar-refractivity contribution in [1.29, 1.82) is 0 Å². The summed E-state index contributed by atoms with van der Waals surface area (Å²) >= 11 is 0. The standard InChI is InChI=1S/C31H22F2N4O2/c1-4-24-30(26-13-20-23(33)6-5-7-25(20)35-26)36-27(15-34-24)21-12-19-22(16-38)31(17-8-10-18(32)11-9-17)39-29(19)14-28(21)37(2)3/h4-16,35H,1H2,2-3H3. The third kappa shape index (κ3) is 4.06. The lowest BCUT2D eigenvalue weighted by Gasteiger charge is -2.18.